The van der Waals surface area contributed by atoms with E-state index in [1.165, 1.54) is 35.6 Å². The number of carbonyl (C=O) groups excluding carboxylic acids is 1. The molecule has 0 saturated carbocycles. The Morgan fingerprint density at radius 1 is 1.11 bits per heavy atom. The summed E-state index contributed by atoms with van der Waals surface area (Å²) in [7, 11) is -3.62. The largest absolute Gasteiger partial charge is 0.302 e. The van der Waals surface area contributed by atoms with Gasteiger partial charge in [-0.25, -0.2) is 17.8 Å². The summed E-state index contributed by atoms with van der Waals surface area (Å²) in [6.07, 6.45) is 2.74. The number of thiazole rings is 1. The number of halogens is 1. The van der Waals surface area contributed by atoms with Gasteiger partial charge in [0.1, 0.15) is 5.82 Å². The zero-order valence-corrected chi connectivity index (χ0v) is 22.6. The van der Waals surface area contributed by atoms with Gasteiger partial charge in [0.15, 0.2) is 5.13 Å². The van der Waals surface area contributed by atoms with E-state index >= 15 is 0 Å². The fraction of sp³-hybridized carbons (Fsp3) is 0.462. The summed E-state index contributed by atoms with van der Waals surface area (Å²) in [4.78, 5) is 22.2. The Morgan fingerprint density at radius 3 is 2.50 bits per heavy atom. The van der Waals surface area contributed by atoms with Crippen LogP contribution in [0.3, 0.4) is 0 Å². The molecule has 0 radical (unpaired) electrons. The van der Waals surface area contributed by atoms with Gasteiger partial charge in [-0.15, -0.1) is 0 Å². The molecular formula is C26H33FN4O3S2. The zero-order valence-electron chi connectivity index (χ0n) is 21.0. The van der Waals surface area contributed by atoms with Gasteiger partial charge in [0.05, 0.1) is 15.1 Å². The highest BCUT2D eigenvalue weighted by Crippen LogP contribution is 2.31. The Morgan fingerprint density at radius 2 is 1.83 bits per heavy atom. The lowest BCUT2D eigenvalue weighted by Crippen LogP contribution is -2.42. The molecule has 0 N–H and O–H groups in total. The van der Waals surface area contributed by atoms with Crippen LogP contribution in [0, 0.1) is 5.82 Å². The Bertz CT molecular complexity index is 1310. The summed E-state index contributed by atoms with van der Waals surface area (Å²) < 4.78 is 42.4. The van der Waals surface area contributed by atoms with Crippen molar-refractivity contribution >= 4 is 42.6 Å². The topological polar surface area (TPSA) is 73.8 Å². The lowest BCUT2D eigenvalue weighted by atomic mass is 10.1. The van der Waals surface area contributed by atoms with Gasteiger partial charge in [-0.2, -0.15) is 4.31 Å². The van der Waals surface area contributed by atoms with E-state index in [9.17, 15) is 17.6 Å². The lowest BCUT2D eigenvalue weighted by Gasteiger charge is -2.32. The summed E-state index contributed by atoms with van der Waals surface area (Å²) in [5.74, 6) is -0.615. The first kappa shape index (κ1) is 26.7. The molecule has 2 aromatic carbocycles. The minimum Gasteiger partial charge on any atom is -0.302 e. The number of benzene rings is 2. The van der Waals surface area contributed by atoms with E-state index in [1.807, 2.05) is 6.92 Å². The first-order valence-electron chi connectivity index (χ1n) is 12.5. The number of hydrogen-bond donors (Lipinski definition) is 0. The standard InChI is InChI=1S/C26H33FN4O3S2/c1-4-29(5-2)16-17-30(26-28-23-14-11-21(27)18-24(23)35-26)25(32)20-9-12-22(13-10-20)36(33,34)31-15-7-6-8-19(31)3/h9-14,18-19H,4-8,15-17H2,1-3H3. The maximum atomic E-state index is 13.7. The SMILES string of the molecule is CCN(CC)CCN(C(=O)c1ccc(S(=O)(=O)N2CCCCC2C)cc1)c1nc2ccc(F)cc2s1. The molecule has 4 rings (SSSR count). The number of hydrogen-bond acceptors (Lipinski definition) is 6. The minimum atomic E-state index is -3.62. The van der Waals surface area contributed by atoms with Crippen LogP contribution in [0.25, 0.3) is 10.2 Å². The first-order valence-corrected chi connectivity index (χ1v) is 14.7. The molecule has 7 nitrogen and oxygen atoms in total. The van der Waals surface area contributed by atoms with Crippen molar-refractivity contribution < 1.29 is 17.6 Å². The van der Waals surface area contributed by atoms with Crippen LogP contribution in [-0.4, -0.2) is 67.3 Å². The predicted molar refractivity (Wildman–Crippen MR) is 143 cm³/mol. The van der Waals surface area contributed by atoms with Gasteiger partial charge in [0.25, 0.3) is 5.91 Å². The average Bonchev–Trinajstić information content (AvgIpc) is 3.29. The smallest absolute Gasteiger partial charge is 0.260 e. The van der Waals surface area contributed by atoms with Crippen molar-refractivity contribution in [3.8, 4) is 0 Å². The van der Waals surface area contributed by atoms with Crippen molar-refractivity contribution in [1.82, 2.24) is 14.2 Å². The Kier molecular flexibility index (Phi) is 8.39. The molecular weight excluding hydrogens is 499 g/mol. The van der Waals surface area contributed by atoms with Gasteiger partial charge in [0, 0.05) is 31.2 Å². The highest BCUT2D eigenvalue weighted by molar-refractivity contribution is 7.89. The molecule has 194 valence electrons. The van der Waals surface area contributed by atoms with E-state index in [1.54, 1.807) is 27.4 Å². The van der Waals surface area contributed by atoms with Crippen LogP contribution in [0.5, 0.6) is 0 Å². The fourth-order valence-electron chi connectivity index (χ4n) is 4.56. The molecule has 0 spiro atoms. The predicted octanol–water partition coefficient (Wildman–Crippen LogP) is 4.99. The number of sulfonamides is 1. The average molecular weight is 533 g/mol. The maximum absolute atomic E-state index is 13.7. The van der Waals surface area contributed by atoms with E-state index in [0.29, 0.717) is 40.5 Å². The third kappa shape index (κ3) is 5.61. The number of carbonyl (C=O) groups is 1. The zero-order chi connectivity index (χ0) is 25.9. The summed E-state index contributed by atoms with van der Waals surface area (Å²) in [6, 6.07) is 10.5. The van der Waals surface area contributed by atoms with Crippen LogP contribution in [0.4, 0.5) is 9.52 Å². The van der Waals surface area contributed by atoms with Crippen molar-refractivity contribution in [2.45, 2.75) is 51.0 Å². The molecule has 2 heterocycles. The molecule has 0 aliphatic carbocycles. The van der Waals surface area contributed by atoms with Crippen molar-refractivity contribution in [2.75, 3.05) is 37.6 Å². The van der Waals surface area contributed by atoms with E-state index in [2.05, 4.69) is 23.7 Å². The third-order valence-electron chi connectivity index (χ3n) is 6.80. The molecule has 36 heavy (non-hydrogen) atoms. The molecule has 10 heteroatoms. The summed E-state index contributed by atoms with van der Waals surface area (Å²) in [5, 5.41) is 0.492. The fourth-order valence-corrected chi connectivity index (χ4v) is 7.27. The monoisotopic (exact) mass is 532 g/mol. The molecule has 1 saturated heterocycles. The Balaban J connectivity index is 1.62. The molecule has 0 bridgehead atoms. The number of fused-ring (bicyclic) bond motifs is 1. The van der Waals surface area contributed by atoms with Crippen LogP contribution in [0.2, 0.25) is 0 Å². The lowest BCUT2D eigenvalue weighted by molar-refractivity contribution is 0.0983. The summed E-state index contributed by atoms with van der Waals surface area (Å²) in [6.45, 7) is 9.36. The van der Waals surface area contributed by atoms with E-state index in [4.69, 9.17) is 0 Å². The van der Waals surface area contributed by atoms with Crippen molar-refractivity contribution in [3.63, 3.8) is 0 Å². The van der Waals surface area contributed by atoms with E-state index in [-0.39, 0.29) is 22.7 Å². The summed E-state index contributed by atoms with van der Waals surface area (Å²) in [5.41, 5.74) is 1.01. The van der Waals surface area contributed by atoms with Crippen LogP contribution < -0.4 is 4.90 Å². The molecule has 3 aromatic rings. The van der Waals surface area contributed by atoms with Gasteiger partial charge in [-0.3, -0.25) is 9.69 Å². The highest BCUT2D eigenvalue weighted by Gasteiger charge is 2.31. The number of piperidine rings is 1. The van der Waals surface area contributed by atoms with Gasteiger partial charge in [-0.05, 0) is 75.3 Å². The number of aromatic nitrogens is 1. The van der Waals surface area contributed by atoms with Crippen LogP contribution in [0.1, 0.15) is 50.4 Å². The number of rotatable bonds is 9. The normalized spacial score (nSPS) is 17.1. The first-order chi connectivity index (χ1) is 17.2. The molecule has 1 fully saturated rings. The molecule has 1 aliphatic heterocycles. The number of likely N-dealkylation sites (N-methyl/N-ethyl adjacent to an activating group) is 1. The van der Waals surface area contributed by atoms with E-state index in [0.717, 1.165) is 32.4 Å². The van der Waals surface area contributed by atoms with Crippen LogP contribution in [-0.2, 0) is 10.0 Å². The molecule has 1 amide bonds. The van der Waals surface area contributed by atoms with E-state index < -0.39 is 10.0 Å². The van der Waals surface area contributed by atoms with Crippen LogP contribution >= 0.6 is 11.3 Å². The maximum Gasteiger partial charge on any atom is 0.260 e. The second-order valence-electron chi connectivity index (χ2n) is 9.08. The Hall–Kier alpha value is -2.40. The van der Waals surface area contributed by atoms with Crippen molar-refractivity contribution in [2.24, 2.45) is 0 Å². The number of nitrogens with zero attached hydrogens (tertiary/aromatic N) is 4. The second-order valence-corrected chi connectivity index (χ2v) is 12.0. The quantitative estimate of drug-likeness (QED) is 0.388. The van der Waals surface area contributed by atoms with Gasteiger partial charge >= 0.3 is 0 Å². The van der Waals surface area contributed by atoms with Gasteiger partial charge in [-0.1, -0.05) is 31.6 Å². The molecule has 1 aliphatic rings. The summed E-state index contributed by atoms with van der Waals surface area (Å²) >= 11 is 1.27. The van der Waals surface area contributed by atoms with Gasteiger partial charge < -0.3 is 4.90 Å². The Labute approximate surface area is 216 Å². The van der Waals surface area contributed by atoms with Crippen molar-refractivity contribution in [1.29, 1.82) is 0 Å². The third-order valence-corrected chi connectivity index (χ3v) is 9.87. The number of anilines is 1. The number of amides is 1. The minimum absolute atomic E-state index is 0.0375. The second kappa shape index (κ2) is 11.3. The van der Waals surface area contributed by atoms with Crippen molar-refractivity contribution in [3.05, 3.63) is 53.8 Å². The van der Waals surface area contributed by atoms with Gasteiger partial charge in [0.2, 0.25) is 10.0 Å². The van der Waals surface area contributed by atoms with Crippen LogP contribution in [0.15, 0.2) is 47.4 Å². The molecule has 1 unspecified atom stereocenters. The molecule has 1 atom stereocenters. The molecule has 1 aromatic heterocycles. The highest BCUT2D eigenvalue weighted by atomic mass is 32.2.